The van der Waals surface area contributed by atoms with Gasteiger partial charge in [-0.25, -0.2) is 9.97 Å². The van der Waals surface area contributed by atoms with Gasteiger partial charge in [-0.3, -0.25) is 19.8 Å². The smallest absolute Gasteiger partial charge is 0.257 e. The summed E-state index contributed by atoms with van der Waals surface area (Å²) in [6.07, 6.45) is 0. The molecule has 5 rings (SSSR count). The molecule has 4 aromatic rings. The Kier molecular flexibility index (Phi) is 8.88. The van der Waals surface area contributed by atoms with Crippen molar-refractivity contribution in [2.45, 2.75) is 19.6 Å². The summed E-state index contributed by atoms with van der Waals surface area (Å²) in [5, 5.41) is 16.1. The van der Waals surface area contributed by atoms with Gasteiger partial charge in [0.1, 0.15) is 18.9 Å². The van der Waals surface area contributed by atoms with Crippen molar-refractivity contribution in [3.8, 4) is 22.5 Å². The molecule has 0 radical (unpaired) electrons. The van der Waals surface area contributed by atoms with Crippen molar-refractivity contribution in [2.24, 2.45) is 0 Å². The van der Waals surface area contributed by atoms with Crippen LogP contribution in [0.5, 0.6) is 0 Å². The van der Waals surface area contributed by atoms with Crippen LogP contribution >= 0.6 is 54.5 Å². The quantitative estimate of drug-likeness (QED) is 0.264. The molecule has 3 heterocycles. The maximum Gasteiger partial charge on any atom is 0.257 e. The van der Waals surface area contributed by atoms with Crippen LogP contribution in [-0.4, -0.2) is 45.8 Å². The molecule has 0 spiro atoms. The van der Waals surface area contributed by atoms with Crippen molar-refractivity contribution in [3.05, 3.63) is 68.2 Å². The van der Waals surface area contributed by atoms with Crippen LogP contribution in [0.15, 0.2) is 68.2 Å². The number of carbonyl (C=O) groups excluding carboxylic acids is 2. The highest BCUT2D eigenvalue weighted by Gasteiger charge is 2.41. The molecule has 0 saturated carbocycles. The second-order valence-electron chi connectivity index (χ2n) is 8.24. The average molecular weight is 666 g/mol. The summed E-state index contributed by atoms with van der Waals surface area (Å²) in [4.78, 5) is 33.4. The number of ether oxygens (including phenoxy) is 1. The number of nitrogens with one attached hydrogen (secondary N) is 1. The monoisotopic (exact) mass is 664 g/mol. The number of benzene rings is 2. The topological polar surface area (TPSA) is 105 Å². The second kappa shape index (κ2) is 11.9. The number of aliphatic hydroxyl groups is 1. The van der Waals surface area contributed by atoms with E-state index in [1.807, 2.05) is 73.1 Å². The van der Waals surface area contributed by atoms with E-state index in [-0.39, 0.29) is 12.5 Å². The van der Waals surface area contributed by atoms with Crippen molar-refractivity contribution in [2.75, 3.05) is 23.4 Å². The van der Waals surface area contributed by atoms with Gasteiger partial charge in [-0.05, 0) is 38.1 Å². The molecule has 0 atom stereocenters. The van der Waals surface area contributed by atoms with Crippen LogP contribution in [0.1, 0.15) is 13.8 Å². The number of aromatic nitrogens is 2. The minimum absolute atomic E-state index is 0.0493. The molecule has 0 bridgehead atoms. The number of anilines is 2. The number of rotatable bonds is 5. The van der Waals surface area contributed by atoms with E-state index < -0.39 is 18.2 Å². The Labute approximate surface area is 238 Å². The zero-order valence-electron chi connectivity index (χ0n) is 19.8. The first-order chi connectivity index (χ1) is 17.7. The van der Waals surface area contributed by atoms with Crippen molar-refractivity contribution in [3.63, 3.8) is 0 Å². The number of halogens is 2. The molecule has 0 unspecified atom stereocenters. The van der Waals surface area contributed by atoms with Gasteiger partial charge in [-0.15, -0.1) is 22.7 Å². The first kappa shape index (κ1) is 27.6. The third-order valence-corrected chi connectivity index (χ3v) is 7.84. The molecule has 1 aliphatic heterocycles. The first-order valence-electron chi connectivity index (χ1n) is 11.0. The number of thiazole rings is 2. The van der Waals surface area contributed by atoms with E-state index in [0.717, 1.165) is 31.5 Å². The van der Waals surface area contributed by atoms with Gasteiger partial charge in [-0.1, -0.05) is 56.1 Å². The zero-order valence-corrected chi connectivity index (χ0v) is 24.6. The van der Waals surface area contributed by atoms with Gasteiger partial charge in [-0.2, -0.15) is 0 Å². The average Bonchev–Trinajstić information content (AvgIpc) is 3.60. The summed E-state index contributed by atoms with van der Waals surface area (Å²) >= 11 is 9.56. The Bertz CT molecular complexity index is 1390. The van der Waals surface area contributed by atoms with Crippen LogP contribution in [0, 0.1) is 0 Å². The predicted molar refractivity (Wildman–Crippen MR) is 154 cm³/mol. The highest BCUT2D eigenvalue weighted by atomic mass is 79.9. The van der Waals surface area contributed by atoms with Gasteiger partial charge in [0.05, 0.1) is 11.4 Å². The fourth-order valence-corrected chi connectivity index (χ4v) is 5.62. The molecular weight excluding hydrogens is 644 g/mol. The molecule has 1 aliphatic rings. The Morgan fingerprint density at radius 2 is 1.54 bits per heavy atom. The molecule has 2 aromatic carbocycles. The van der Waals surface area contributed by atoms with Gasteiger partial charge in [0.15, 0.2) is 10.3 Å². The molecule has 0 aliphatic carbocycles. The summed E-state index contributed by atoms with van der Waals surface area (Å²) in [5.41, 5.74) is 3.05. The van der Waals surface area contributed by atoms with E-state index in [0.29, 0.717) is 10.3 Å². The summed E-state index contributed by atoms with van der Waals surface area (Å²) in [6, 6.07) is 15.7. The number of carbonyl (C=O) groups is 2. The molecule has 12 heteroatoms. The molecule has 2 aromatic heterocycles. The highest BCUT2D eigenvalue weighted by molar-refractivity contribution is 9.10. The van der Waals surface area contributed by atoms with E-state index in [2.05, 4.69) is 47.1 Å². The Hall–Kier alpha value is -2.48. The Morgan fingerprint density at radius 1 is 1.00 bits per heavy atom. The lowest BCUT2D eigenvalue weighted by atomic mass is 10.2. The standard InChI is InChI=1S/C14H13BrN2O2S.C11H9BrN2O2S/c1-14(2)17(12(18)7-19-14)13-16-11(8-20-13)9-3-5-10(15)6-4-9;12-8-3-1-7(2-4-8)9-6-17-11(13-9)14-10(16)5-15/h3-6,8H,7H2,1-2H3;1-4,6,15H,5H2,(H,13,14,16). The summed E-state index contributed by atoms with van der Waals surface area (Å²) in [7, 11) is 0. The minimum Gasteiger partial charge on any atom is -0.387 e. The number of amides is 2. The van der Waals surface area contributed by atoms with Crippen LogP contribution in [0.2, 0.25) is 0 Å². The predicted octanol–water partition coefficient (Wildman–Crippen LogP) is 6.18. The zero-order chi connectivity index (χ0) is 26.6. The van der Waals surface area contributed by atoms with Gasteiger partial charge in [0.2, 0.25) is 0 Å². The maximum absolute atomic E-state index is 11.9. The summed E-state index contributed by atoms with van der Waals surface area (Å²) in [6.45, 7) is 3.32. The van der Waals surface area contributed by atoms with Crippen LogP contribution in [0.25, 0.3) is 22.5 Å². The van der Waals surface area contributed by atoms with Gasteiger partial charge >= 0.3 is 0 Å². The molecule has 37 heavy (non-hydrogen) atoms. The number of aliphatic hydroxyl groups excluding tert-OH is 1. The molecule has 2 N–H and O–H groups in total. The lowest BCUT2D eigenvalue weighted by Gasteiger charge is -2.27. The van der Waals surface area contributed by atoms with Gasteiger partial charge in [0, 0.05) is 30.8 Å². The number of hydrogen-bond donors (Lipinski definition) is 2. The van der Waals surface area contributed by atoms with Crippen LogP contribution in [0.4, 0.5) is 10.3 Å². The summed E-state index contributed by atoms with van der Waals surface area (Å²) in [5.74, 6) is -0.506. The second-order valence-corrected chi connectivity index (χ2v) is 11.8. The van der Waals surface area contributed by atoms with Crippen LogP contribution < -0.4 is 10.2 Å². The third-order valence-electron chi connectivity index (χ3n) is 5.19. The molecular formula is C25H22Br2N4O4S2. The van der Waals surface area contributed by atoms with Gasteiger partial charge < -0.3 is 9.84 Å². The largest absolute Gasteiger partial charge is 0.387 e. The normalized spacial score (nSPS) is 14.3. The number of nitrogens with zero attached hydrogens (tertiary/aromatic N) is 3. The third kappa shape index (κ3) is 6.89. The molecule has 1 saturated heterocycles. The first-order valence-corrected chi connectivity index (χ1v) is 14.3. The van der Waals surface area contributed by atoms with Gasteiger partial charge in [0.25, 0.3) is 11.8 Å². The maximum atomic E-state index is 11.9. The lowest BCUT2D eigenvalue weighted by Crippen LogP contribution is -2.41. The molecule has 192 valence electrons. The SMILES string of the molecule is CC1(C)OCC(=O)N1c1nc(-c2ccc(Br)cc2)cs1.O=C(CO)Nc1nc(-c2ccc(Br)cc2)cs1. The van der Waals surface area contributed by atoms with E-state index in [9.17, 15) is 9.59 Å². The fourth-order valence-electron chi connectivity index (χ4n) is 3.37. The Balaban J connectivity index is 0.000000176. The highest BCUT2D eigenvalue weighted by Crippen LogP contribution is 2.35. The van der Waals surface area contributed by atoms with E-state index >= 15 is 0 Å². The Morgan fingerprint density at radius 3 is 2.05 bits per heavy atom. The fraction of sp³-hybridized carbons (Fsp3) is 0.200. The summed E-state index contributed by atoms with van der Waals surface area (Å²) < 4.78 is 7.52. The van der Waals surface area contributed by atoms with Crippen molar-refractivity contribution in [1.82, 2.24) is 9.97 Å². The van der Waals surface area contributed by atoms with Crippen LogP contribution in [0.3, 0.4) is 0 Å². The van der Waals surface area contributed by atoms with Crippen molar-refractivity contribution < 1.29 is 19.4 Å². The van der Waals surface area contributed by atoms with Crippen molar-refractivity contribution in [1.29, 1.82) is 0 Å². The minimum atomic E-state index is -0.633. The van der Waals surface area contributed by atoms with Crippen LogP contribution in [-0.2, 0) is 14.3 Å². The molecule has 2 amide bonds. The molecule has 8 nitrogen and oxygen atoms in total. The van der Waals surface area contributed by atoms with Crippen molar-refractivity contribution >= 4 is 76.6 Å². The van der Waals surface area contributed by atoms with E-state index in [1.165, 1.54) is 22.7 Å². The molecule has 1 fully saturated rings. The van der Waals surface area contributed by atoms with E-state index in [4.69, 9.17) is 9.84 Å². The van der Waals surface area contributed by atoms with E-state index in [1.54, 1.807) is 4.90 Å². The lowest BCUT2D eigenvalue weighted by molar-refractivity contribution is -0.119. The number of hydrogen-bond acceptors (Lipinski definition) is 8.